The molecule has 1 aromatic rings. The van der Waals surface area contributed by atoms with E-state index in [1.807, 2.05) is 0 Å². The van der Waals surface area contributed by atoms with E-state index in [1.165, 1.54) is 6.08 Å². The van der Waals surface area contributed by atoms with Gasteiger partial charge >= 0.3 is 0 Å². The number of benzene rings is 1. The Labute approximate surface area is 145 Å². The highest BCUT2D eigenvalue weighted by atomic mass is 16.5. The first-order valence-corrected chi connectivity index (χ1v) is 7.84. The van der Waals surface area contributed by atoms with E-state index in [4.69, 9.17) is 15.2 Å². The van der Waals surface area contributed by atoms with Crippen LogP contribution in [-0.4, -0.2) is 54.0 Å². The molecule has 0 fully saturated rings. The van der Waals surface area contributed by atoms with Gasteiger partial charge in [-0.05, 0) is 30.3 Å². The number of hydrogen-bond donors (Lipinski definition) is 4. The average molecular weight is 350 g/mol. The number of ether oxygens (including phenoxy) is 2. The van der Waals surface area contributed by atoms with E-state index in [1.54, 1.807) is 31.4 Å². The minimum Gasteiger partial charge on any atom is -0.497 e. The maximum absolute atomic E-state index is 12.1. The van der Waals surface area contributed by atoms with Gasteiger partial charge < -0.3 is 30.7 Å². The van der Waals surface area contributed by atoms with Crippen molar-refractivity contribution in [3.05, 3.63) is 35.9 Å². The highest BCUT2D eigenvalue weighted by Gasteiger charge is 2.34. The minimum absolute atomic E-state index is 0.00789. The highest BCUT2D eigenvalue weighted by Crippen LogP contribution is 2.25. The molecule has 136 valence electrons. The summed E-state index contributed by atoms with van der Waals surface area (Å²) < 4.78 is 10.7. The molecule has 8 heteroatoms. The Hall–Kier alpha value is -2.58. The molecule has 25 heavy (non-hydrogen) atoms. The van der Waals surface area contributed by atoms with Crippen LogP contribution in [0, 0.1) is 0 Å². The van der Waals surface area contributed by atoms with Crippen LogP contribution in [0.3, 0.4) is 0 Å². The van der Waals surface area contributed by atoms with E-state index in [0.29, 0.717) is 11.5 Å². The van der Waals surface area contributed by atoms with Crippen molar-refractivity contribution in [2.45, 2.75) is 31.2 Å². The Bertz CT molecular complexity index is 643. The Morgan fingerprint density at radius 2 is 1.88 bits per heavy atom. The molecule has 0 aromatic heterocycles. The molecule has 0 bridgehead atoms. The van der Waals surface area contributed by atoms with Crippen molar-refractivity contribution >= 4 is 11.8 Å². The first kappa shape index (κ1) is 18.8. The summed E-state index contributed by atoms with van der Waals surface area (Å²) in [7, 11) is 1.54. The first-order valence-electron chi connectivity index (χ1n) is 7.84. The molecule has 0 saturated carbocycles. The fourth-order valence-corrected chi connectivity index (χ4v) is 2.43. The lowest BCUT2D eigenvalue weighted by Crippen LogP contribution is -2.45. The second kappa shape index (κ2) is 8.50. The molecule has 3 unspecified atom stereocenters. The predicted octanol–water partition coefficient (Wildman–Crippen LogP) is -0.514. The zero-order valence-electron chi connectivity index (χ0n) is 13.8. The van der Waals surface area contributed by atoms with Gasteiger partial charge in [0.1, 0.15) is 23.7 Å². The van der Waals surface area contributed by atoms with Crippen molar-refractivity contribution in [3.8, 4) is 11.5 Å². The van der Waals surface area contributed by atoms with Gasteiger partial charge in [0.15, 0.2) is 0 Å². The SMILES string of the molecule is COc1ccc(OC2C=C(C(=O)NCCC(N)=O)CC(O)C2O)cc1. The van der Waals surface area contributed by atoms with E-state index < -0.39 is 30.1 Å². The summed E-state index contributed by atoms with van der Waals surface area (Å²) in [6.45, 7) is 0.105. The van der Waals surface area contributed by atoms with Crippen LogP contribution >= 0.6 is 0 Å². The van der Waals surface area contributed by atoms with E-state index >= 15 is 0 Å². The monoisotopic (exact) mass is 350 g/mol. The fraction of sp³-hybridized carbons (Fsp3) is 0.412. The summed E-state index contributed by atoms with van der Waals surface area (Å²) in [6, 6.07) is 6.71. The van der Waals surface area contributed by atoms with Crippen LogP contribution in [0.25, 0.3) is 0 Å². The molecule has 1 aliphatic carbocycles. The van der Waals surface area contributed by atoms with E-state index in [0.717, 1.165) is 0 Å². The maximum Gasteiger partial charge on any atom is 0.247 e. The van der Waals surface area contributed by atoms with E-state index in [9.17, 15) is 19.8 Å². The molecule has 0 radical (unpaired) electrons. The molecule has 5 N–H and O–H groups in total. The molecule has 1 aliphatic rings. The molecular weight excluding hydrogens is 328 g/mol. The quantitative estimate of drug-likeness (QED) is 0.524. The van der Waals surface area contributed by atoms with Crippen LogP contribution in [0.5, 0.6) is 11.5 Å². The Balaban J connectivity index is 2.06. The molecule has 1 aromatic carbocycles. The summed E-state index contributed by atoms with van der Waals surface area (Å²) in [5, 5.41) is 22.7. The van der Waals surface area contributed by atoms with Crippen molar-refractivity contribution in [3.63, 3.8) is 0 Å². The van der Waals surface area contributed by atoms with Gasteiger partial charge in [0.2, 0.25) is 11.8 Å². The van der Waals surface area contributed by atoms with Crippen LogP contribution in [0.15, 0.2) is 35.9 Å². The number of nitrogens with two attached hydrogens (primary N) is 1. The summed E-state index contributed by atoms with van der Waals surface area (Å²) >= 11 is 0. The second-order valence-corrected chi connectivity index (χ2v) is 5.68. The van der Waals surface area contributed by atoms with Crippen molar-refractivity contribution in [2.24, 2.45) is 5.73 Å². The van der Waals surface area contributed by atoms with Gasteiger partial charge in [0.05, 0.1) is 13.2 Å². The van der Waals surface area contributed by atoms with Crippen molar-refractivity contribution in [1.29, 1.82) is 0 Å². The Morgan fingerprint density at radius 3 is 2.48 bits per heavy atom. The third-order valence-corrected chi connectivity index (χ3v) is 3.81. The van der Waals surface area contributed by atoms with E-state index in [2.05, 4.69) is 5.32 Å². The third-order valence-electron chi connectivity index (χ3n) is 3.81. The largest absolute Gasteiger partial charge is 0.497 e. The van der Waals surface area contributed by atoms with Gasteiger partial charge in [-0.15, -0.1) is 0 Å². The number of rotatable bonds is 7. The van der Waals surface area contributed by atoms with Gasteiger partial charge in [-0.25, -0.2) is 0 Å². The fourth-order valence-electron chi connectivity index (χ4n) is 2.43. The molecule has 0 aliphatic heterocycles. The van der Waals surface area contributed by atoms with Crippen LogP contribution < -0.4 is 20.5 Å². The van der Waals surface area contributed by atoms with Crippen LogP contribution in [-0.2, 0) is 9.59 Å². The normalized spacial score (nSPS) is 22.7. The topological polar surface area (TPSA) is 131 Å². The molecular formula is C17H22N2O6. The minimum atomic E-state index is -1.16. The first-order chi connectivity index (χ1) is 11.9. The number of amides is 2. The van der Waals surface area contributed by atoms with Gasteiger partial charge in [-0.3, -0.25) is 9.59 Å². The molecule has 3 atom stereocenters. The lowest BCUT2D eigenvalue weighted by atomic mass is 9.91. The number of hydrogen-bond acceptors (Lipinski definition) is 6. The van der Waals surface area contributed by atoms with Crippen LogP contribution in [0.4, 0.5) is 0 Å². The van der Waals surface area contributed by atoms with Crippen molar-refractivity contribution in [1.82, 2.24) is 5.32 Å². The molecule has 2 amide bonds. The van der Waals surface area contributed by atoms with Crippen molar-refractivity contribution in [2.75, 3.05) is 13.7 Å². The number of methoxy groups -OCH3 is 1. The van der Waals surface area contributed by atoms with E-state index in [-0.39, 0.29) is 25.0 Å². The maximum atomic E-state index is 12.1. The lowest BCUT2D eigenvalue weighted by Gasteiger charge is -2.30. The number of primary amides is 1. The van der Waals surface area contributed by atoms with Gasteiger partial charge in [0.25, 0.3) is 0 Å². The van der Waals surface area contributed by atoms with Gasteiger partial charge in [0, 0.05) is 25.0 Å². The number of carbonyl (C=O) groups excluding carboxylic acids is 2. The summed E-state index contributed by atoms with van der Waals surface area (Å²) in [5.74, 6) is 0.162. The highest BCUT2D eigenvalue weighted by molar-refractivity contribution is 5.94. The second-order valence-electron chi connectivity index (χ2n) is 5.68. The summed E-state index contributed by atoms with van der Waals surface area (Å²) in [6.07, 6.45) is -1.69. The summed E-state index contributed by atoms with van der Waals surface area (Å²) in [5.41, 5.74) is 5.30. The van der Waals surface area contributed by atoms with Crippen LogP contribution in [0.1, 0.15) is 12.8 Å². The smallest absolute Gasteiger partial charge is 0.247 e. The molecule has 0 saturated heterocycles. The molecule has 2 rings (SSSR count). The molecule has 0 heterocycles. The van der Waals surface area contributed by atoms with Crippen molar-refractivity contribution < 1.29 is 29.3 Å². The number of nitrogens with one attached hydrogen (secondary N) is 1. The van der Waals surface area contributed by atoms with Gasteiger partial charge in [-0.2, -0.15) is 0 Å². The standard InChI is InChI=1S/C17H22N2O6/c1-24-11-2-4-12(5-3-11)25-14-9-10(8-13(20)16(14)22)17(23)19-7-6-15(18)21/h2-5,9,13-14,16,20,22H,6-8H2,1H3,(H2,18,21)(H,19,23). The van der Waals surface area contributed by atoms with Crippen LogP contribution in [0.2, 0.25) is 0 Å². The van der Waals surface area contributed by atoms with Gasteiger partial charge in [-0.1, -0.05) is 0 Å². The zero-order valence-corrected chi connectivity index (χ0v) is 13.8. The zero-order chi connectivity index (χ0) is 18.4. The predicted molar refractivity (Wildman–Crippen MR) is 88.9 cm³/mol. The number of aliphatic hydroxyl groups excluding tert-OH is 2. The number of carbonyl (C=O) groups is 2. The lowest BCUT2D eigenvalue weighted by molar-refractivity contribution is -0.119. The third kappa shape index (κ3) is 5.20. The Morgan fingerprint density at radius 1 is 1.24 bits per heavy atom. The average Bonchev–Trinajstić information content (AvgIpc) is 2.59. The summed E-state index contributed by atoms with van der Waals surface area (Å²) in [4.78, 5) is 22.8. The number of aliphatic hydroxyl groups is 2. The Kier molecular flexibility index (Phi) is 6.37. The molecule has 8 nitrogen and oxygen atoms in total. The molecule has 0 spiro atoms.